The highest BCUT2D eigenvalue weighted by molar-refractivity contribution is 9.10. The minimum Gasteiger partial charge on any atom is -0.488 e. The lowest BCUT2D eigenvalue weighted by Crippen LogP contribution is -2.27. The number of benzene rings is 3. The van der Waals surface area contributed by atoms with E-state index in [1.807, 2.05) is 79.0 Å². The number of anilines is 1. The number of hydrogen-bond donors (Lipinski definition) is 1. The van der Waals surface area contributed by atoms with Gasteiger partial charge in [-0.3, -0.25) is 4.79 Å². The molecule has 7 heteroatoms. The first kappa shape index (κ1) is 28.6. The Kier molecular flexibility index (Phi) is 8.79. The van der Waals surface area contributed by atoms with Crippen molar-refractivity contribution in [3.05, 3.63) is 109 Å². The molecule has 1 aliphatic carbocycles. The number of fused-ring (bicyclic) bond motifs is 1. The second kappa shape index (κ2) is 12.3. The number of hydrogen-bond acceptors (Lipinski definition) is 4. The zero-order valence-electron chi connectivity index (χ0n) is 22.8. The first-order valence-electron chi connectivity index (χ1n) is 13.4. The molecule has 0 aliphatic heterocycles. The van der Waals surface area contributed by atoms with Crippen LogP contribution >= 0.6 is 38.9 Å². The van der Waals surface area contributed by atoms with E-state index in [4.69, 9.17) is 21.3 Å². The Hall–Kier alpha value is -2.93. The fourth-order valence-corrected chi connectivity index (χ4v) is 6.94. The lowest BCUT2D eigenvalue weighted by atomic mass is 9.72. The summed E-state index contributed by atoms with van der Waals surface area (Å²) in [4.78, 5) is 19.7. The number of ether oxygens (including phenoxy) is 1. The lowest BCUT2D eigenvalue weighted by molar-refractivity contribution is 0.102. The Morgan fingerprint density at radius 2 is 1.88 bits per heavy atom. The quantitative estimate of drug-likeness (QED) is 0.206. The van der Waals surface area contributed by atoms with Crippen molar-refractivity contribution >= 4 is 61.7 Å². The van der Waals surface area contributed by atoms with Gasteiger partial charge in [-0.1, -0.05) is 68.8 Å². The van der Waals surface area contributed by atoms with Crippen molar-refractivity contribution in [2.75, 3.05) is 5.32 Å². The largest absolute Gasteiger partial charge is 0.488 e. The molecular formula is C33H32BrClN2O2S. The van der Waals surface area contributed by atoms with E-state index in [2.05, 4.69) is 42.0 Å². The Balaban J connectivity index is 1.39. The average molecular weight is 636 g/mol. The van der Waals surface area contributed by atoms with Crippen molar-refractivity contribution in [1.29, 1.82) is 0 Å². The van der Waals surface area contributed by atoms with E-state index < -0.39 is 0 Å². The molecule has 3 aromatic carbocycles. The number of aliphatic imine (C=N–C) groups is 1. The zero-order valence-corrected chi connectivity index (χ0v) is 26.0. The Bertz CT molecular complexity index is 1540. The predicted molar refractivity (Wildman–Crippen MR) is 171 cm³/mol. The van der Waals surface area contributed by atoms with Crippen LogP contribution in [-0.4, -0.2) is 12.1 Å². The Morgan fingerprint density at radius 3 is 2.60 bits per heavy atom. The third kappa shape index (κ3) is 6.68. The van der Waals surface area contributed by atoms with Gasteiger partial charge in [0.15, 0.2) is 0 Å². The first-order valence-corrected chi connectivity index (χ1v) is 15.4. The third-order valence-corrected chi connectivity index (χ3v) is 9.51. The maximum Gasteiger partial charge on any atom is 0.259 e. The summed E-state index contributed by atoms with van der Waals surface area (Å²) in [5.74, 6) is 1.20. The fraction of sp³-hybridized carbons (Fsp3) is 0.273. The van der Waals surface area contributed by atoms with Crippen LogP contribution in [0, 0.1) is 11.3 Å². The van der Waals surface area contributed by atoms with Gasteiger partial charge in [-0.15, -0.1) is 11.3 Å². The van der Waals surface area contributed by atoms with Gasteiger partial charge in [-0.2, -0.15) is 0 Å². The van der Waals surface area contributed by atoms with Crippen LogP contribution < -0.4 is 10.1 Å². The van der Waals surface area contributed by atoms with Crippen molar-refractivity contribution in [1.82, 2.24) is 0 Å². The summed E-state index contributed by atoms with van der Waals surface area (Å²) in [7, 11) is 0. The first-order chi connectivity index (χ1) is 19.2. The lowest BCUT2D eigenvalue weighted by Gasteiger charge is -2.33. The second-order valence-electron chi connectivity index (χ2n) is 11.1. The van der Waals surface area contributed by atoms with Crippen molar-refractivity contribution in [3.63, 3.8) is 0 Å². The van der Waals surface area contributed by atoms with Gasteiger partial charge in [0.2, 0.25) is 0 Å². The number of halogens is 2. The van der Waals surface area contributed by atoms with E-state index in [0.717, 1.165) is 56.9 Å². The van der Waals surface area contributed by atoms with Crippen LogP contribution in [0.25, 0.3) is 0 Å². The molecule has 206 valence electrons. The molecular weight excluding hydrogens is 604 g/mol. The van der Waals surface area contributed by atoms with E-state index in [9.17, 15) is 4.79 Å². The number of carbonyl (C=O) groups is 1. The van der Waals surface area contributed by atoms with Crippen LogP contribution in [0.15, 0.2) is 82.3 Å². The topological polar surface area (TPSA) is 50.7 Å². The molecule has 1 aromatic heterocycles. The van der Waals surface area contributed by atoms with Gasteiger partial charge >= 0.3 is 0 Å². The molecule has 0 spiro atoms. The van der Waals surface area contributed by atoms with Crippen molar-refractivity contribution in [2.24, 2.45) is 16.3 Å². The summed E-state index contributed by atoms with van der Waals surface area (Å²) >= 11 is 11.5. The highest BCUT2D eigenvalue weighted by Gasteiger charge is 2.33. The molecule has 0 bridgehead atoms. The number of amides is 1. The van der Waals surface area contributed by atoms with Crippen LogP contribution in [0.1, 0.15) is 59.1 Å². The van der Waals surface area contributed by atoms with Gasteiger partial charge in [0.25, 0.3) is 5.91 Å². The maximum atomic E-state index is 13.6. The van der Waals surface area contributed by atoms with E-state index in [1.165, 1.54) is 4.88 Å². The average Bonchev–Trinajstić information content (AvgIpc) is 3.30. The molecule has 1 atom stereocenters. The number of nitrogens with zero attached hydrogens (tertiary/aromatic N) is 1. The summed E-state index contributed by atoms with van der Waals surface area (Å²) in [6, 6.07) is 23.1. The van der Waals surface area contributed by atoms with Crippen LogP contribution in [-0.2, 0) is 19.4 Å². The Morgan fingerprint density at radius 1 is 1.12 bits per heavy atom. The number of thiophene rings is 1. The number of carbonyl (C=O) groups excluding carboxylic acids is 1. The molecule has 0 saturated heterocycles. The third-order valence-electron chi connectivity index (χ3n) is 7.36. The van der Waals surface area contributed by atoms with Gasteiger partial charge in [0.05, 0.1) is 10.0 Å². The highest BCUT2D eigenvalue weighted by Crippen LogP contribution is 2.45. The van der Waals surface area contributed by atoms with Crippen LogP contribution in [0.3, 0.4) is 0 Å². The predicted octanol–water partition coefficient (Wildman–Crippen LogP) is 9.90. The van der Waals surface area contributed by atoms with E-state index in [-0.39, 0.29) is 11.3 Å². The van der Waals surface area contributed by atoms with Gasteiger partial charge in [0, 0.05) is 27.4 Å². The van der Waals surface area contributed by atoms with E-state index in [1.54, 1.807) is 11.3 Å². The molecule has 5 rings (SSSR count). The van der Waals surface area contributed by atoms with Gasteiger partial charge < -0.3 is 10.1 Å². The van der Waals surface area contributed by atoms with Gasteiger partial charge in [0.1, 0.15) is 17.4 Å². The smallest absolute Gasteiger partial charge is 0.259 e. The second-order valence-corrected chi connectivity index (χ2v) is 13.5. The van der Waals surface area contributed by atoms with Crippen LogP contribution in [0.2, 0.25) is 5.02 Å². The van der Waals surface area contributed by atoms with Crippen molar-refractivity contribution in [3.8, 4) is 5.75 Å². The van der Waals surface area contributed by atoms with Crippen LogP contribution in [0.5, 0.6) is 5.75 Å². The van der Waals surface area contributed by atoms with Gasteiger partial charge in [-0.25, -0.2) is 4.99 Å². The standard InChI is InChI=1S/C33H32BrClN2O2S/c1-33(2,3)23-14-15-25-29(18-23)40-32(30(25)31(38)37-24-10-5-4-6-11-24)36-19-21-13-16-28(26(34)17-21)39-20-22-9-7-8-12-27(22)35/h4-13,16-17,19,23H,14-15,18,20H2,1-3H3,(H,37,38)/t23-/m1/s1. The summed E-state index contributed by atoms with van der Waals surface area (Å²) in [5.41, 5.74) is 4.69. The fourth-order valence-electron chi connectivity index (χ4n) is 4.97. The molecule has 0 fully saturated rings. The molecule has 1 N–H and O–H groups in total. The van der Waals surface area contributed by atoms with Crippen LogP contribution in [0.4, 0.5) is 10.7 Å². The molecule has 0 unspecified atom stereocenters. The molecule has 1 aliphatic rings. The number of rotatable bonds is 7. The maximum absolute atomic E-state index is 13.6. The number of nitrogens with one attached hydrogen (secondary N) is 1. The summed E-state index contributed by atoms with van der Waals surface area (Å²) in [6.07, 6.45) is 4.77. The molecule has 1 amide bonds. The molecule has 4 aromatic rings. The zero-order chi connectivity index (χ0) is 28.3. The summed E-state index contributed by atoms with van der Waals surface area (Å²) < 4.78 is 6.82. The molecule has 0 saturated carbocycles. The highest BCUT2D eigenvalue weighted by atomic mass is 79.9. The SMILES string of the molecule is CC(C)(C)[C@@H]1CCc2c(sc(N=Cc3ccc(OCc4ccccc4Cl)c(Br)c3)c2C(=O)Nc2ccccc2)C1. The monoisotopic (exact) mass is 634 g/mol. The van der Waals surface area contributed by atoms with Crippen molar-refractivity contribution in [2.45, 2.75) is 46.6 Å². The minimum atomic E-state index is -0.102. The van der Waals surface area contributed by atoms with Gasteiger partial charge in [-0.05, 0) is 94.1 Å². The Labute approximate surface area is 253 Å². The number of para-hydroxylation sites is 1. The summed E-state index contributed by atoms with van der Waals surface area (Å²) in [6.45, 7) is 7.29. The van der Waals surface area contributed by atoms with Crippen molar-refractivity contribution < 1.29 is 9.53 Å². The molecule has 40 heavy (non-hydrogen) atoms. The minimum absolute atomic E-state index is 0.102. The van der Waals surface area contributed by atoms with E-state index in [0.29, 0.717) is 23.1 Å². The molecule has 4 nitrogen and oxygen atoms in total. The van der Waals surface area contributed by atoms with E-state index >= 15 is 0 Å². The molecule has 1 heterocycles. The summed E-state index contributed by atoms with van der Waals surface area (Å²) in [5, 5.41) is 4.52. The molecule has 0 radical (unpaired) electrons. The normalized spacial score (nSPS) is 15.2.